The third-order valence-electron chi connectivity index (χ3n) is 3.58. The van der Waals surface area contributed by atoms with E-state index in [0.717, 1.165) is 17.5 Å². The molecule has 1 aromatic heterocycles. The number of carboxylic acid groups (broad SMARTS) is 1. The van der Waals surface area contributed by atoms with Gasteiger partial charge in [-0.05, 0) is 36.2 Å². The first-order chi connectivity index (χ1) is 10.5. The molecule has 0 saturated carbocycles. The van der Waals surface area contributed by atoms with Crippen molar-refractivity contribution in [3.8, 4) is 0 Å². The topological polar surface area (TPSA) is 75.6 Å². The van der Waals surface area contributed by atoms with Gasteiger partial charge in [-0.1, -0.05) is 6.07 Å². The standard InChI is InChI=1S/C16H15NO4S/c1-9-2-3-10(16(19)20)6-12(9)17-15(18)14-7-11-8-21-5-4-13(11)22-14/h2-3,6-7H,4-5,8H2,1H3,(H,17,18)(H,19,20). The molecule has 0 spiro atoms. The Labute approximate surface area is 131 Å². The van der Waals surface area contributed by atoms with E-state index in [0.29, 0.717) is 23.8 Å². The van der Waals surface area contributed by atoms with Gasteiger partial charge in [0.05, 0.1) is 23.7 Å². The largest absolute Gasteiger partial charge is 0.478 e. The molecule has 0 aliphatic carbocycles. The van der Waals surface area contributed by atoms with Gasteiger partial charge in [-0.25, -0.2) is 4.79 Å². The first-order valence-corrected chi connectivity index (χ1v) is 7.71. The molecule has 0 bridgehead atoms. The molecule has 3 rings (SSSR count). The van der Waals surface area contributed by atoms with Crippen molar-refractivity contribution in [3.05, 3.63) is 50.7 Å². The average Bonchev–Trinajstić information content (AvgIpc) is 2.93. The summed E-state index contributed by atoms with van der Waals surface area (Å²) in [6.45, 7) is 3.06. The van der Waals surface area contributed by atoms with Gasteiger partial charge >= 0.3 is 5.97 Å². The van der Waals surface area contributed by atoms with E-state index in [1.165, 1.54) is 28.3 Å². The van der Waals surface area contributed by atoms with Crippen LogP contribution in [0.15, 0.2) is 24.3 Å². The molecule has 22 heavy (non-hydrogen) atoms. The SMILES string of the molecule is Cc1ccc(C(=O)O)cc1NC(=O)c1cc2c(s1)CCOC2. The van der Waals surface area contributed by atoms with Crippen LogP contribution in [-0.4, -0.2) is 23.6 Å². The average molecular weight is 317 g/mol. The zero-order valence-corrected chi connectivity index (χ0v) is 12.8. The Morgan fingerprint density at radius 1 is 1.32 bits per heavy atom. The molecule has 1 aromatic carbocycles. The molecular formula is C16H15NO4S. The highest BCUT2D eigenvalue weighted by atomic mass is 32.1. The molecule has 114 valence electrons. The lowest BCUT2D eigenvalue weighted by molar-refractivity contribution is 0.0696. The van der Waals surface area contributed by atoms with Gasteiger partial charge < -0.3 is 15.2 Å². The number of thiophene rings is 1. The van der Waals surface area contributed by atoms with E-state index in [-0.39, 0.29) is 11.5 Å². The summed E-state index contributed by atoms with van der Waals surface area (Å²) in [5, 5.41) is 11.8. The third-order valence-corrected chi connectivity index (χ3v) is 4.82. The number of hydrogen-bond donors (Lipinski definition) is 2. The van der Waals surface area contributed by atoms with Crippen LogP contribution in [0.2, 0.25) is 0 Å². The zero-order chi connectivity index (χ0) is 15.7. The van der Waals surface area contributed by atoms with Crippen molar-refractivity contribution in [3.63, 3.8) is 0 Å². The number of anilines is 1. The number of amides is 1. The summed E-state index contributed by atoms with van der Waals surface area (Å²) in [6, 6.07) is 6.54. The number of benzene rings is 1. The molecule has 0 radical (unpaired) electrons. The van der Waals surface area contributed by atoms with Gasteiger partial charge in [0.1, 0.15) is 0 Å². The lowest BCUT2D eigenvalue weighted by Gasteiger charge is -2.10. The molecule has 2 aromatic rings. The quantitative estimate of drug-likeness (QED) is 0.912. The Bertz CT molecular complexity index is 727. The van der Waals surface area contributed by atoms with Gasteiger partial charge in [-0.15, -0.1) is 11.3 Å². The normalized spacial score (nSPS) is 13.5. The number of fused-ring (bicyclic) bond motifs is 1. The molecule has 0 saturated heterocycles. The summed E-state index contributed by atoms with van der Waals surface area (Å²) < 4.78 is 5.38. The summed E-state index contributed by atoms with van der Waals surface area (Å²) in [5.41, 5.74) is 2.56. The van der Waals surface area contributed by atoms with E-state index in [1.807, 2.05) is 13.0 Å². The fourth-order valence-electron chi connectivity index (χ4n) is 2.33. The maximum absolute atomic E-state index is 12.4. The van der Waals surface area contributed by atoms with Crippen LogP contribution in [0.1, 0.15) is 36.0 Å². The second kappa shape index (κ2) is 5.90. The monoisotopic (exact) mass is 317 g/mol. The van der Waals surface area contributed by atoms with Crippen LogP contribution in [0.3, 0.4) is 0 Å². The maximum Gasteiger partial charge on any atom is 0.335 e. The molecule has 2 heterocycles. The Morgan fingerprint density at radius 2 is 2.14 bits per heavy atom. The zero-order valence-electron chi connectivity index (χ0n) is 12.0. The lowest BCUT2D eigenvalue weighted by Crippen LogP contribution is -2.12. The van der Waals surface area contributed by atoms with Crippen LogP contribution in [0.5, 0.6) is 0 Å². The van der Waals surface area contributed by atoms with Crippen molar-refractivity contribution in [2.75, 3.05) is 11.9 Å². The minimum atomic E-state index is -1.01. The van der Waals surface area contributed by atoms with Crippen molar-refractivity contribution in [1.82, 2.24) is 0 Å². The fraction of sp³-hybridized carbons (Fsp3) is 0.250. The highest BCUT2D eigenvalue weighted by molar-refractivity contribution is 7.14. The molecule has 0 fully saturated rings. The maximum atomic E-state index is 12.4. The van der Waals surface area contributed by atoms with Gasteiger partial charge in [-0.3, -0.25) is 4.79 Å². The number of carbonyl (C=O) groups is 2. The van der Waals surface area contributed by atoms with Gasteiger partial charge in [0.15, 0.2) is 0 Å². The summed E-state index contributed by atoms with van der Waals surface area (Å²) in [5.74, 6) is -1.23. The number of hydrogen-bond acceptors (Lipinski definition) is 4. The Balaban J connectivity index is 1.83. The second-order valence-electron chi connectivity index (χ2n) is 5.15. The van der Waals surface area contributed by atoms with E-state index in [9.17, 15) is 9.59 Å². The first-order valence-electron chi connectivity index (χ1n) is 6.89. The molecular weight excluding hydrogens is 302 g/mol. The van der Waals surface area contributed by atoms with Crippen molar-refractivity contribution in [2.24, 2.45) is 0 Å². The van der Waals surface area contributed by atoms with E-state index >= 15 is 0 Å². The van der Waals surface area contributed by atoms with Crippen LogP contribution in [-0.2, 0) is 17.8 Å². The Kier molecular flexibility index (Phi) is 3.96. The highest BCUT2D eigenvalue weighted by Crippen LogP contribution is 2.28. The van der Waals surface area contributed by atoms with Gasteiger partial charge in [0.25, 0.3) is 5.91 Å². The number of aryl methyl sites for hydroxylation is 1. The number of nitrogens with one attached hydrogen (secondary N) is 1. The predicted octanol–water partition coefficient (Wildman–Crippen LogP) is 3.08. The number of rotatable bonds is 3. The first kappa shape index (κ1) is 14.7. The smallest absolute Gasteiger partial charge is 0.335 e. The molecule has 0 unspecified atom stereocenters. The minimum absolute atomic E-state index is 0.153. The molecule has 6 heteroatoms. The number of aromatic carboxylic acids is 1. The van der Waals surface area contributed by atoms with E-state index < -0.39 is 5.97 Å². The number of carbonyl (C=O) groups excluding carboxylic acids is 1. The third kappa shape index (κ3) is 2.88. The van der Waals surface area contributed by atoms with Gasteiger partial charge in [0, 0.05) is 17.0 Å². The van der Waals surface area contributed by atoms with Crippen molar-refractivity contribution in [2.45, 2.75) is 20.0 Å². The van der Waals surface area contributed by atoms with Crippen molar-refractivity contribution < 1.29 is 19.4 Å². The van der Waals surface area contributed by atoms with Crippen molar-refractivity contribution >= 4 is 28.9 Å². The van der Waals surface area contributed by atoms with Crippen LogP contribution in [0.4, 0.5) is 5.69 Å². The Hall–Kier alpha value is -2.18. The summed E-state index contributed by atoms with van der Waals surface area (Å²) in [6.07, 6.45) is 0.834. The van der Waals surface area contributed by atoms with Crippen LogP contribution >= 0.6 is 11.3 Å². The van der Waals surface area contributed by atoms with E-state index in [4.69, 9.17) is 9.84 Å². The predicted molar refractivity (Wildman–Crippen MR) is 83.8 cm³/mol. The van der Waals surface area contributed by atoms with Crippen LogP contribution in [0, 0.1) is 6.92 Å². The minimum Gasteiger partial charge on any atom is -0.478 e. The summed E-state index contributed by atoms with van der Waals surface area (Å²) in [7, 11) is 0. The van der Waals surface area contributed by atoms with E-state index in [1.54, 1.807) is 6.07 Å². The number of ether oxygens (including phenoxy) is 1. The van der Waals surface area contributed by atoms with Crippen LogP contribution in [0.25, 0.3) is 0 Å². The summed E-state index contributed by atoms with van der Waals surface area (Å²) in [4.78, 5) is 25.2. The molecule has 5 nitrogen and oxygen atoms in total. The Morgan fingerprint density at radius 3 is 2.86 bits per heavy atom. The van der Waals surface area contributed by atoms with Gasteiger partial charge in [0.2, 0.25) is 0 Å². The highest BCUT2D eigenvalue weighted by Gasteiger charge is 2.18. The molecule has 2 N–H and O–H groups in total. The van der Waals surface area contributed by atoms with Crippen LogP contribution < -0.4 is 5.32 Å². The molecule has 1 aliphatic rings. The molecule has 0 atom stereocenters. The number of carboxylic acids is 1. The summed E-state index contributed by atoms with van der Waals surface area (Å²) >= 11 is 1.47. The fourth-order valence-corrected chi connectivity index (χ4v) is 3.38. The van der Waals surface area contributed by atoms with Crippen molar-refractivity contribution in [1.29, 1.82) is 0 Å². The lowest BCUT2D eigenvalue weighted by atomic mass is 10.1. The second-order valence-corrected chi connectivity index (χ2v) is 6.29. The van der Waals surface area contributed by atoms with Gasteiger partial charge in [-0.2, -0.15) is 0 Å². The van der Waals surface area contributed by atoms with E-state index in [2.05, 4.69) is 5.32 Å². The molecule has 1 amide bonds. The molecule has 1 aliphatic heterocycles.